The summed E-state index contributed by atoms with van der Waals surface area (Å²) in [5.41, 5.74) is 6.81. The average molecular weight is 242 g/mol. The number of aromatic nitrogens is 1. The Morgan fingerprint density at radius 2 is 2.19 bits per heavy atom. The van der Waals surface area contributed by atoms with Crippen LogP contribution in [0, 0.1) is 5.92 Å². The summed E-state index contributed by atoms with van der Waals surface area (Å²) in [6, 6.07) is 0.0302. The fourth-order valence-electron chi connectivity index (χ4n) is 1.35. The van der Waals surface area contributed by atoms with Crippen LogP contribution in [0.3, 0.4) is 0 Å². The molecule has 1 heterocycles. The number of ether oxygens (including phenoxy) is 1. The number of thiazole rings is 1. The second-order valence-electron chi connectivity index (χ2n) is 4.70. The van der Waals surface area contributed by atoms with Crippen LogP contribution in [-0.2, 0) is 10.3 Å². The molecule has 0 aliphatic rings. The van der Waals surface area contributed by atoms with Gasteiger partial charge in [0.25, 0.3) is 0 Å². The van der Waals surface area contributed by atoms with Crippen LogP contribution in [0.4, 0.5) is 0 Å². The van der Waals surface area contributed by atoms with Gasteiger partial charge in [-0.1, -0.05) is 20.3 Å². The maximum Gasteiger partial charge on any atom is 0.124 e. The first-order valence-electron chi connectivity index (χ1n) is 5.69. The Bertz CT molecular complexity index is 336. The van der Waals surface area contributed by atoms with E-state index in [1.54, 1.807) is 18.4 Å². The molecule has 0 spiro atoms. The molecule has 0 aromatic carbocycles. The van der Waals surface area contributed by atoms with Gasteiger partial charge in [0.05, 0.1) is 11.7 Å². The van der Waals surface area contributed by atoms with Crippen LogP contribution in [-0.4, -0.2) is 12.1 Å². The van der Waals surface area contributed by atoms with E-state index in [0.29, 0.717) is 5.92 Å². The van der Waals surface area contributed by atoms with E-state index in [0.717, 1.165) is 17.1 Å². The highest BCUT2D eigenvalue weighted by Crippen LogP contribution is 2.30. The minimum atomic E-state index is -0.321. The summed E-state index contributed by atoms with van der Waals surface area (Å²) in [6.45, 7) is 8.34. The third kappa shape index (κ3) is 2.81. The third-order valence-corrected chi connectivity index (χ3v) is 4.31. The van der Waals surface area contributed by atoms with Gasteiger partial charge in [0.15, 0.2) is 0 Å². The second-order valence-corrected chi connectivity index (χ2v) is 5.56. The summed E-state index contributed by atoms with van der Waals surface area (Å²) in [6.07, 6.45) is 1.07. The maximum absolute atomic E-state index is 6.15. The zero-order valence-electron chi connectivity index (χ0n) is 10.8. The van der Waals surface area contributed by atoms with Gasteiger partial charge in [-0.3, -0.25) is 0 Å². The van der Waals surface area contributed by atoms with Gasteiger partial charge in [-0.25, -0.2) is 4.98 Å². The molecule has 1 rings (SSSR count). The molecular formula is C12H22N2OS. The van der Waals surface area contributed by atoms with E-state index in [1.807, 2.05) is 19.2 Å². The molecule has 0 saturated carbocycles. The molecule has 1 aromatic heterocycles. The number of hydrogen-bond acceptors (Lipinski definition) is 4. The van der Waals surface area contributed by atoms with Crippen molar-refractivity contribution < 1.29 is 4.74 Å². The molecule has 0 amide bonds. The van der Waals surface area contributed by atoms with Crippen molar-refractivity contribution in [2.45, 2.75) is 45.8 Å². The molecule has 1 aromatic rings. The van der Waals surface area contributed by atoms with Gasteiger partial charge < -0.3 is 10.5 Å². The smallest absolute Gasteiger partial charge is 0.124 e. The van der Waals surface area contributed by atoms with Gasteiger partial charge in [-0.05, 0) is 19.8 Å². The molecule has 0 saturated heterocycles. The largest absolute Gasteiger partial charge is 0.372 e. The Balaban J connectivity index is 2.87. The third-order valence-electron chi connectivity index (χ3n) is 3.15. The van der Waals surface area contributed by atoms with Crippen molar-refractivity contribution in [1.29, 1.82) is 0 Å². The Labute approximate surface area is 102 Å². The van der Waals surface area contributed by atoms with E-state index in [9.17, 15) is 0 Å². The van der Waals surface area contributed by atoms with E-state index >= 15 is 0 Å². The molecule has 2 atom stereocenters. The monoisotopic (exact) mass is 242 g/mol. The summed E-state index contributed by atoms with van der Waals surface area (Å²) < 4.78 is 5.41. The summed E-state index contributed by atoms with van der Waals surface area (Å²) in [5, 5.41) is 3.04. The van der Waals surface area contributed by atoms with Crippen LogP contribution in [0.15, 0.2) is 5.38 Å². The molecule has 2 unspecified atom stereocenters. The van der Waals surface area contributed by atoms with E-state index < -0.39 is 0 Å². The Morgan fingerprint density at radius 3 is 2.69 bits per heavy atom. The predicted molar refractivity (Wildman–Crippen MR) is 68.5 cm³/mol. The van der Waals surface area contributed by atoms with Gasteiger partial charge in [0, 0.05) is 12.5 Å². The molecule has 0 aliphatic carbocycles. The summed E-state index contributed by atoms with van der Waals surface area (Å²) in [4.78, 5) is 4.59. The lowest BCUT2D eigenvalue weighted by Gasteiger charge is -2.20. The minimum Gasteiger partial charge on any atom is -0.372 e. The molecule has 0 bridgehead atoms. The standard InChI is InChI=1S/C12H22N2OS/c1-6-8(2)10(13)9-7-16-11(14-9)12(3,4)15-5/h7-8,10H,6,13H2,1-5H3. The normalized spacial score (nSPS) is 16.1. The highest BCUT2D eigenvalue weighted by atomic mass is 32.1. The van der Waals surface area contributed by atoms with Crippen LogP contribution in [0.25, 0.3) is 0 Å². The van der Waals surface area contributed by atoms with Crippen molar-refractivity contribution in [3.8, 4) is 0 Å². The van der Waals surface area contributed by atoms with Crippen LogP contribution in [0.1, 0.15) is 50.9 Å². The molecule has 92 valence electrons. The van der Waals surface area contributed by atoms with Crippen molar-refractivity contribution in [1.82, 2.24) is 4.98 Å². The number of nitrogens with two attached hydrogens (primary N) is 1. The van der Waals surface area contributed by atoms with E-state index in [4.69, 9.17) is 10.5 Å². The molecule has 0 aliphatic heterocycles. The van der Waals surface area contributed by atoms with E-state index in [1.165, 1.54) is 0 Å². The van der Waals surface area contributed by atoms with Gasteiger partial charge in [-0.2, -0.15) is 0 Å². The van der Waals surface area contributed by atoms with Crippen LogP contribution < -0.4 is 5.73 Å². The lowest BCUT2D eigenvalue weighted by Crippen LogP contribution is -2.21. The molecule has 3 nitrogen and oxygen atoms in total. The SMILES string of the molecule is CCC(C)C(N)c1csc(C(C)(C)OC)n1. The van der Waals surface area contributed by atoms with Crippen LogP contribution in [0.5, 0.6) is 0 Å². The van der Waals surface area contributed by atoms with Gasteiger partial charge in [0.2, 0.25) is 0 Å². The van der Waals surface area contributed by atoms with Crippen molar-refractivity contribution >= 4 is 11.3 Å². The van der Waals surface area contributed by atoms with Crippen molar-refractivity contribution in [2.24, 2.45) is 11.7 Å². The van der Waals surface area contributed by atoms with E-state index in [2.05, 4.69) is 18.8 Å². The van der Waals surface area contributed by atoms with Gasteiger partial charge in [0.1, 0.15) is 10.6 Å². The molecule has 2 N–H and O–H groups in total. The zero-order valence-corrected chi connectivity index (χ0v) is 11.6. The Kier molecular flexibility index (Phi) is 4.47. The highest BCUT2D eigenvalue weighted by Gasteiger charge is 2.25. The molecule has 16 heavy (non-hydrogen) atoms. The van der Waals surface area contributed by atoms with E-state index in [-0.39, 0.29) is 11.6 Å². The molecule has 0 radical (unpaired) electrons. The van der Waals surface area contributed by atoms with Crippen molar-refractivity contribution in [3.05, 3.63) is 16.1 Å². The zero-order chi connectivity index (χ0) is 12.3. The van der Waals surface area contributed by atoms with Crippen LogP contribution in [0.2, 0.25) is 0 Å². The van der Waals surface area contributed by atoms with Crippen LogP contribution >= 0.6 is 11.3 Å². The molecular weight excluding hydrogens is 220 g/mol. The number of hydrogen-bond donors (Lipinski definition) is 1. The number of rotatable bonds is 5. The first-order valence-corrected chi connectivity index (χ1v) is 6.57. The predicted octanol–water partition coefficient (Wildman–Crippen LogP) is 3.07. The van der Waals surface area contributed by atoms with Gasteiger partial charge in [-0.15, -0.1) is 11.3 Å². The summed E-state index contributed by atoms with van der Waals surface area (Å²) in [5.74, 6) is 0.459. The molecule has 4 heteroatoms. The topological polar surface area (TPSA) is 48.1 Å². The summed E-state index contributed by atoms with van der Waals surface area (Å²) in [7, 11) is 1.70. The number of nitrogens with zero attached hydrogens (tertiary/aromatic N) is 1. The fraction of sp³-hybridized carbons (Fsp3) is 0.750. The lowest BCUT2D eigenvalue weighted by molar-refractivity contribution is 0.0188. The first kappa shape index (κ1) is 13.6. The second kappa shape index (κ2) is 5.25. The number of methoxy groups -OCH3 is 1. The Hall–Kier alpha value is -0.450. The minimum absolute atomic E-state index is 0.0302. The quantitative estimate of drug-likeness (QED) is 0.863. The maximum atomic E-state index is 6.15. The summed E-state index contributed by atoms with van der Waals surface area (Å²) >= 11 is 1.62. The van der Waals surface area contributed by atoms with Crippen molar-refractivity contribution in [3.63, 3.8) is 0 Å². The average Bonchev–Trinajstić information content (AvgIpc) is 2.76. The van der Waals surface area contributed by atoms with Gasteiger partial charge >= 0.3 is 0 Å². The highest BCUT2D eigenvalue weighted by molar-refractivity contribution is 7.09. The molecule has 0 fully saturated rings. The fourth-order valence-corrected chi connectivity index (χ4v) is 2.32. The lowest BCUT2D eigenvalue weighted by atomic mass is 9.98. The van der Waals surface area contributed by atoms with Crippen molar-refractivity contribution in [2.75, 3.05) is 7.11 Å². The first-order chi connectivity index (χ1) is 7.42. The Morgan fingerprint density at radius 1 is 1.56 bits per heavy atom.